The van der Waals surface area contributed by atoms with Crippen LogP contribution in [0.3, 0.4) is 0 Å². The van der Waals surface area contributed by atoms with Crippen LogP contribution in [0.15, 0.2) is 18.3 Å². The second kappa shape index (κ2) is 9.09. The molecule has 152 valence electrons. The summed E-state index contributed by atoms with van der Waals surface area (Å²) in [5.74, 6) is 0.299. The average molecular weight is 388 g/mol. The fourth-order valence-electron chi connectivity index (χ4n) is 3.79. The number of pyridine rings is 1. The molecule has 0 saturated carbocycles. The number of nitrogens with zero attached hydrogens (tertiary/aromatic N) is 5. The van der Waals surface area contributed by atoms with Gasteiger partial charge < -0.3 is 15.1 Å². The van der Waals surface area contributed by atoms with Gasteiger partial charge in [-0.3, -0.25) is 4.79 Å². The summed E-state index contributed by atoms with van der Waals surface area (Å²) >= 11 is 0. The second-order valence-corrected chi connectivity index (χ2v) is 7.96. The number of carbonyl (C=O) groups is 1. The van der Waals surface area contributed by atoms with Gasteiger partial charge in [-0.25, -0.2) is 4.98 Å². The first-order valence-electron chi connectivity index (χ1n) is 9.74. The molecular formula is C19H28N6O3. The molecule has 0 aliphatic carbocycles. The number of nitrogens with one attached hydrogen (secondary N) is 1. The van der Waals surface area contributed by atoms with Crippen LogP contribution in [0.25, 0.3) is 0 Å². The summed E-state index contributed by atoms with van der Waals surface area (Å²) in [6.45, 7) is 6.07. The molecule has 0 bridgehead atoms. The first-order chi connectivity index (χ1) is 13.5. The Bertz CT molecular complexity index is 744. The molecule has 0 radical (unpaired) electrons. The van der Waals surface area contributed by atoms with E-state index in [0.29, 0.717) is 24.6 Å². The van der Waals surface area contributed by atoms with Gasteiger partial charge in [-0.15, -0.1) is 10.2 Å². The van der Waals surface area contributed by atoms with Crippen LogP contribution in [0.1, 0.15) is 44.0 Å². The van der Waals surface area contributed by atoms with Gasteiger partial charge in [0.1, 0.15) is 5.82 Å². The molecule has 0 aromatic carbocycles. The Balaban J connectivity index is 1.71. The molecule has 3 rings (SSSR count). The first-order valence-corrected chi connectivity index (χ1v) is 9.74. The van der Waals surface area contributed by atoms with Crippen LogP contribution in [-0.4, -0.2) is 61.5 Å². The molecule has 28 heavy (non-hydrogen) atoms. The Labute approximate surface area is 164 Å². The number of hydrogen-bond donors (Lipinski definition) is 3. The van der Waals surface area contributed by atoms with Crippen molar-refractivity contribution in [1.29, 1.82) is 0 Å². The number of aliphatic carboxylic acids is 1. The van der Waals surface area contributed by atoms with E-state index in [1.54, 1.807) is 6.20 Å². The molecule has 0 amide bonds. The van der Waals surface area contributed by atoms with Crippen LogP contribution in [0.2, 0.25) is 0 Å². The Kier molecular flexibility index (Phi) is 6.56. The number of H-pyrrole nitrogens is 1. The van der Waals surface area contributed by atoms with E-state index in [4.69, 9.17) is 5.11 Å². The molecule has 3 heterocycles. The lowest BCUT2D eigenvalue weighted by Crippen LogP contribution is -2.47. The molecule has 2 aromatic rings. The zero-order valence-corrected chi connectivity index (χ0v) is 16.3. The number of aromatic amines is 1. The number of aliphatic hydroxyl groups excluding tert-OH is 1. The molecule has 3 N–H and O–H groups in total. The predicted octanol–water partition coefficient (Wildman–Crippen LogP) is 1.49. The van der Waals surface area contributed by atoms with Crippen molar-refractivity contribution in [3.63, 3.8) is 0 Å². The molecule has 0 spiro atoms. The molecule has 2 atom stereocenters. The summed E-state index contributed by atoms with van der Waals surface area (Å²) in [5.41, 5.74) is 0.945. The Hall–Kier alpha value is -2.55. The van der Waals surface area contributed by atoms with Crippen molar-refractivity contribution in [3.05, 3.63) is 29.7 Å². The van der Waals surface area contributed by atoms with Gasteiger partial charge in [-0.05, 0) is 42.7 Å². The highest BCUT2D eigenvalue weighted by atomic mass is 16.4. The molecule has 9 nitrogen and oxygen atoms in total. The van der Waals surface area contributed by atoms with Crippen molar-refractivity contribution in [2.24, 2.45) is 17.8 Å². The van der Waals surface area contributed by atoms with Gasteiger partial charge in [0.05, 0.1) is 5.92 Å². The molecule has 9 heteroatoms. The van der Waals surface area contributed by atoms with Crippen molar-refractivity contribution in [2.75, 3.05) is 24.6 Å². The number of anilines is 1. The maximum absolute atomic E-state index is 11.9. The van der Waals surface area contributed by atoms with Crippen molar-refractivity contribution < 1.29 is 15.0 Å². The topological polar surface area (TPSA) is 128 Å². The standard InChI is InChI=1S/C19H28N6O3/c1-12(2)7-16(19(27)28)15(18-21-23-24-22-18)8-13-3-4-17(20-9-13)25-10-14(11-25)5-6-26/h3-4,9,12,14-16,26H,5-8,10-11H2,1-2H3,(H,27,28)(H,21,22,23,24). The fourth-order valence-corrected chi connectivity index (χ4v) is 3.79. The highest BCUT2D eigenvalue weighted by Gasteiger charge is 2.33. The van der Waals surface area contributed by atoms with Crippen LogP contribution < -0.4 is 4.90 Å². The highest BCUT2D eigenvalue weighted by molar-refractivity contribution is 5.71. The number of tetrazole rings is 1. The van der Waals surface area contributed by atoms with E-state index >= 15 is 0 Å². The van der Waals surface area contributed by atoms with Crippen LogP contribution >= 0.6 is 0 Å². The lowest BCUT2D eigenvalue weighted by atomic mass is 9.81. The van der Waals surface area contributed by atoms with Gasteiger partial charge in [0.15, 0.2) is 5.82 Å². The normalized spacial score (nSPS) is 16.8. The van der Waals surface area contributed by atoms with Gasteiger partial charge >= 0.3 is 5.97 Å². The van der Waals surface area contributed by atoms with Crippen LogP contribution in [0.4, 0.5) is 5.82 Å². The van der Waals surface area contributed by atoms with Gasteiger partial charge in [0.2, 0.25) is 0 Å². The summed E-state index contributed by atoms with van der Waals surface area (Å²) < 4.78 is 0. The number of carboxylic acid groups (broad SMARTS) is 1. The molecule has 1 aliphatic rings. The third-order valence-corrected chi connectivity index (χ3v) is 5.30. The van der Waals surface area contributed by atoms with E-state index < -0.39 is 11.9 Å². The van der Waals surface area contributed by atoms with Crippen LogP contribution in [-0.2, 0) is 11.2 Å². The zero-order valence-electron chi connectivity index (χ0n) is 16.3. The van der Waals surface area contributed by atoms with E-state index in [2.05, 4.69) is 30.5 Å². The lowest BCUT2D eigenvalue weighted by Gasteiger charge is -2.40. The summed E-state index contributed by atoms with van der Waals surface area (Å²) in [4.78, 5) is 18.6. The Morgan fingerprint density at radius 3 is 2.68 bits per heavy atom. The maximum Gasteiger partial charge on any atom is 0.307 e. The Morgan fingerprint density at radius 1 is 1.36 bits per heavy atom. The molecule has 1 fully saturated rings. The summed E-state index contributed by atoms with van der Waals surface area (Å²) in [6, 6.07) is 3.96. The van der Waals surface area contributed by atoms with Gasteiger partial charge in [0, 0.05) is 31.8 Å². The fraction of sp³-hybridized carbons (Fsp3) is 0.632. The number of aromatic nitrogens is 5. The minimum atomic E-state index is -0.844. The smallest absolute Gasteiger partial charge is 0.307 e. The SMILES string of the molecule is CC(C)CC(C(=O)O)C(Cc1ccc(N2CC(CCO)C2)nc1)c1nn[nH]n1. The third kappa shape index (κ3) is 4.83. The molecule has 2 unspecified atom stereocenters. The maximum atomic E-state index is 11.9. The first kappa shape index (κ1) is 20.2. The predicted molar refractivity (Wildman–Crippen MR) is 103 cm³/mol. The number of rotatable bonds is 10. The summed E-state index contributed by atoms with van der Waals surface area (Å²) in [6.07, 6.45) is 3.66. The third-order valence-electron chi connectivity index (χ3n) is 5.30. The van der Waals surface area contributed by atoms with Crippen LogP contribution in [0.5, 0.6) is 0 Å². The largest absolute Gasteiger partial charge is 0.481 e. The van der Waals surface area contributed by atoms with Gasteiger partial charge in [0.25, 0.3) is 0 Å². The number of aliphatic hydroxyl groups is 1. The second-order valence-electron chi connectivity index (χ2n) is 7.96. The van der Waals surface area contributed by atoms with Crippen molar-refractivity contribution in [1.82, 2.24) is 25.6 Å². The lowest BCUT2D eigenvalue weighted by molar-refractivity contribution is -0.143. The minimum absolute atomic E-state index is 0.226. The highest BCUT2D eigenvalue weighted by Crippen LogP contribution is 2.32. The quantitative estimate of drug-likeness (QED) is 0.558. The van der Waals surface area contributed by atoms with Crippen LogP contribution in [0, 0.1) is 17.8 Å². The van der Waals surface area contributed by atoms with Crippen molar-refractivity contribution in [3.8, 4) is 0 Å². The number of hydrogen-bond acceptors (Lipinski definition) is 7. The molecule has 1 aliphatic heterocycles. The summed E-state index contributed by atoms with van der Waals surface area (Å²) in [5, 5.41) is 32.9. The average Bonchev–Trinajstić information content (AvgIpc) is 3.15. The zero-order chi connectivity index (χ0) is 20.1. The Morgan fingerprint density at radius 2 is 2.14 bits per heavy atom. The monoisotopic (exact) mass is 388 g/mol. The number of carboxylic acids is 1. The van der Waals surface area contributed by atoms with E-state index in [1.165, 1.54) is 0 Å². The van der Waals surface area contributed by atoms with E-state index in [1.807, 2.05) is 26.0 Å². The van der Waals surface area contributed by atoms with Gasteiger partial charge in [-0.1, -0.05) is 25.1 Å². The van der Waals surface area contributed by atoms with Crippen molar-refractivity contribution in [2.45, 2.75) is 39.0 Å². The van der Waals surface area contributed by atoms with E-state index in [0.717, 1.165) is 30.9 Å². The van der Waals surface area contributed by atoms with Crippen molar-refractivity contribution >= 4 is 11.8 Å². The summed E-state index contributed by atoms with van der Waals surface area (Å²) in [7, 11) is 0. The molecule has 1 saturated heterocycles. The van der Waals surface area contributed by atoms with E-state index in [9.17, 15) is 9.90 Å². The molecule has 2 aromatic heterocycles. The van der Waals surface area contributed by atoms with Gasteiger partial charge in [-0.2, -0.15) is 5.21 Å². The minimum Gasteiger partial charge on any atom is -0.481 e. The van der Waals surface area contributed by atoms with E-state index in [-0.39, 0.29) is 18.4 Å². The molecular weight excluding hydrogens is 360 g/mol.